The Kier molecular flexibility index (Phi) is 6.81. The van der Waals surface area contributed by atoms with Crippen LogP contribution in [-0.2, 0) is 14.4 Å². The Labute approximate surface area is 175 Å². The number of fused-ring (bicyclic) bond motifs is 1. The predicted octanol–water partition coefficient (Wildman–Crippen LogP) is 0.796. The predicted molar refractivity (Wildman–Crippen MR) is 109 cm³/mol. The fourth-order valence-corrected chi connectivity index (χ4v) is 3.54. The van der Waals surface area contributed by atoms with Crippen LogP contribution in [0.25, 0.3) is 0 Å². The number of rotatable bonds is 8. The van der Waals surface area contributed by atoms with Gasteiger partial charge in [0, 0.05) is 24.7 Å². The summed E-state index contributed by atoms with van der Waals surface area (Å²) in [5.74, 6) is -0.122. The zero-order valence-electron chi connectivity index (χ0n) is 17.5. The van der Waals surface area contributed by atoms with Crippen molar-refractivity contribution in [1.82, 2.24) is 10.6 Å². The van der Waals surface area contributed by atoms with Crippen molar-refractivity contribution in [2.75, 3.05) is 24.8 Å². The first-order valence-corrected chi connectivity index (χ1v) is 10.3. The molecule has 1 saturated heterocycles. The van der Waals surface area contributed by atoms with E-state index in [4.69, 9.17) is 9.47 Å². The Morgan fingerprint density at radius 2 is 1.97 bits per heavy atom. The molecule has 1 aromatic carbocycles. The number of hydrogen-bond acceptors (Lipinski definition) is 6. The normalized spacial score (nSPS) is 20.6. The Morgan fingerprint density at radius 1 is 1.23 bits per heavy atom. The Balaban J connectivity index is 1.57. The second kappa shape index (κ2) is 9.34. The first kappa shape index (κ1) is 21.9. The zero-order valence-corrected chi connectivity index (χ0v) is 17.5. The van der Waals surface area contributed by atoms with Crippen molar-refractivity contribution in [2.45, 2.75) is 45.7 Å². The van der Waals surface area contributed by atoms with Crippen molar-refractivity contribution >= 4 is 23.4 Å². The quantitative estimate of drug-likeness (QED) is 0.574. The van der Waals surface area contributed by atoms with Crippen LogP contribution >= 0.6 is 0 Å². The second-order valence-corrected chi connectivity index (χ2v) is 7.86. The molecule has 1 fully saturated rings. The number of nitrogens with zero attached hydrogens (tertiary/aromatic N) is 1. The molecule has 3 amide bonds. The Morgan fingerprint density at radius 3 is 2.67 bits per heavy atom. The minimum atomic E-state index is -0.773. The van der Waals surface area contributed by atoms with Crippen LogP contribution < -0.4 is 25.0 Å². The number of hydrogen-bond donors (Lipinski definition) is 3. The molecule has 0 aliphatic carbocycles. The fourth-order valence-electron chi connectivity index (χ4n) is 3.54. The van der Waals surface area contributed by atoms with Gasteiger partial charge in [-0.15, -0.1) is 0 Å². The summed E-state index contributed by atoms with van der Waals surface area (Å²) in [6.45, 7) is 5.72. The van der Waals surface area contributed by atoms with E-state index in [1.807, 2.05) is 13.8 Å². The van der Waals surface area contributed by atoms with Gasteiger partial charge in [-0.25, -0.2) is 0 Å². The molecule has 2 heterocycles. The van der Waals surface area contributed by atoms with Crippen molar-refractivity contribution < 1.29 is 29.0 Å². The van der Waals surface area contributed by atoms with Crippen molar-refractivity contribution in [1.29, 1.82) is 0 Å². The molecule has 0 saturated carbocycles. The average molecular weight is 419 g/mol. The van der Waals surface area contributed by atoms with Crippen LogP contribution in [0.5, 0.6) is 11.5 Å². The maximum absolute atomic E-state index is 12.7. The van der Waals surface area contributed by atoms with Crippen LogP contribution in [0.2, 0.25) is 0 Å². The number of aliphatic hydroxyl groups excluding tert-OH is 1. The summed E-state index contributed by atoms with van der Waals surface area (Å²) in [6, 6.07) is 4.08. The molecular weight excluding hydrogens is 390 g/mol. The van der Waals surface area contributed by atoms with Crippen LogP contribution in [0.3, 0.4) is 0 Å². The molecule has 0 radical (unpaired) electrons. The topological polar surface area (TPSA) is 117 Å². The molecule has 9 nitrogen and oxygen atoms in total. The highest BCUT2D eigenvalue weighted by Crippen LogP contribution is 2.37. The van der Waals surface area contributed by atoms with Crippen molar-refractivity contribution in [3.63, 3.8) is 0 Å². The minimum absolute atomic E-state index is 0.0702. The van der Waals surface area contributed by atoms with Gasteiger partial charge in [-0.05, 0) is 25.0 Å². The van der Waals surface area contributed by atoms with E-state index in [1.165, 1.54) is 0 Å². The number of aliphatic hydroxyl groups is 1. The highest BCUT2D eigenvalue weighted by atomic mass is 16.7. The van der Waals surface area contributed by atoms with E-state index in [0.29, 0.717) is 17.2 Å². The molecule has 2 aliphatic rings. The van der Waals surface area contributed by atoms with E-state index in [2.05, 4.69) is 10.6 Å². The van der Waals surface area contributed by atoms with Gasteiger partial charge >= 0.3 is 0 Å². The molecule has 4 atom stereocenters. The highest BCUT2D eigenvalue weighted by Gasteiger charge is 2.36. The lowest BCUT2D eigenvalue weighted by Crippen LogP contribution is -2.51. The third-order valence-corrected chi connectivity index (χ3v) is 5.77. The van der Waals surface area contributed by atoms with Crippen LogP contribution in [0.4, 0.5) is 5.69 Å². The second-order valence-electron chi connectivity index (χ2n) is 7.86. The number of nitrogens with one attached hydrogen (secondary N) is 2. The summed E-state index contributed by atoms with van der Waals surface area (Å²) >= 11 is 0. The third kappa shape index (κ3) is 4.67. The Hall–Kier alpha value is -2.81. The van der Waals surface area contributed by atoms with E-state index in [1.54, 1.807) is 30.0 Å². The van der Waals surface area contributed by atoms with Gasteiger partial charge in [0.2, 0.25) is 24.5 Å². The summed E-state index contributed by atoms with van der Waals surface area (Å²) in [4.78, 5) is 39.1. The SMILES string of the molecule is CCC(C)C(CO)NC(=O)C(C)NC(=O)C1CC(=O)N(c2ccc3c(c2)OCO3)C1. The fraction of sp³-hybridized carbons (Fsp3) is 0.571. The van der Waals surface area contributed by atoms with Crippen molar-refractivity contribution in [3.05, 3.63) is 18.2 Å². The molecule has 164 valence electrons. The largest absolute Gasteiger partial charge is 0.454 e. The standard InChI is InChI=1S/C21H29N3O6/c1-4-12(2)16(10-25)23-20(27)13(3)22-21(28)14-7-19(26)24(9-14)15-5-6-17-18(8-15)30-11-29-17/h5-6,8,12-14,16,25H,4,7,9-11H2,1-3H3,(H,22,28)(H,23,27). The number of ether oxygens (including phenoxy) is 2. The molecule has 2 aliphatic heterocycles. The summed E-state index contributed by atoms with van der Waals surface area (Å²) in [6.07, 6.45) is 0.882. The maximum atomic E-state index is 12.7. The molecule has 0 bridgehead atoms. The highest BCUT2D eigenvalue weighted by molar-refractivity contribution is 6.01. The van der Waals surface area contributed by atoms with Gasteiger partial charge in [-0.3, -0.25) is 14.4 Å². The number of benzene rings is 1. The van der Waals surface area contributed by atoms with E-state index < -0.39 is 12.0 Å². The molecule has 9 heteroatoms. The summed E-state index contributed by atoms with van der Waals surface area (Å²) in [5, 5.41) is 14.9. The first-order valence-electron chi connectivity index (χ1n) is 10.3. The lowest BCUT2D eigenvalue weighted by atomic mass is 9.99. The number of anilines is 1. The first-order chi connectivity index (χ1) is 14.3. The van der Waals surface area contributed by atoms with E-state index in [0.717, 1.165) is 6.42 Å². The Bertz CT molecular complexity index is 814. The van der Waals surface area contributed by atoms with E-state index in [9.17, 15) is 19.5 Å². The molecule has 30 heavy (non-hydrogen) atoms. The molecular formula is C21H29N3O6. The lowest BCUT2D eigenvalue weighted by Gasteiger charge is -2.24. The zero-order chi connectivity index (χ0) is 21.8. The van der Waals surface area contributed by atoms with Crippen molar-refractivity contribution in [3.8, 4) is 11.5 Å². The van der Waals surface area contributed by atoms with Crippen LogP contribution in [0.1, 0.15) is 33.6 Å². The van der Waals surface area contributed by atoms with Gasteiger partial charge in [0.25, 0.3) is 0 Å². The third-order valence-electron chi connectivity index (χ3n) is 5.77. The van der Waals surface area contributed by atoms with Gasteiger partial charge < -0.3 is 30.1 Å². The molecule has 4 unspecified atom stereocenters. The molecule has 3 rings (SSSR count). The van der Waals surface area contributed by atoms with Gasteiger partial charge in [0.1, 0.15) is 6.04 Å². The van der Waals surface area contributed by atoms with Crippen LogP contribution in [0, 0.1) is 11.8 Å². The monoisotopic (exact) mass is 419 g/mol. The lowest BCUT2D eigenvalue weighted by molar-refractivity contribution is -0.131. The van der Waals surface area contributed by atoms with Crippen LogP contribution in [-0.4, -0.2) is 54.9 Å². The molecule has 0 spiro atoms. The number of carbonyl (C=O) groups excluding carboxylic acids is 3. The average Bonchev–Trinajstić information content (AvgIpc) is 3.36. The molecule has 3 N–H and O–H groups in total. The van der Waals surface area contributed by atoms with E-state index in [-0.39, 0.29) is 56.0 Å². The van der Waals surface area contributed by atoms with Gasteiger partial charge in [-0.2, -0.15) is 0 Å². The summed E-state index contributed by atoms with van der Waals surface area (Å²) in [7, 11) is 0. The minimum Gasteiger partial charge on any atom is -0.454 e. The van der Waals surface area contributed by atoms with Crippen molar-refractivity contribution in [2.24, 2.45) is 11.8 Å². The molecule has 1 aromatic rings. The molecule has 0 aromatic heterocycles. The van der Waals surface area contributed by atoms with Gasteiger partial charge in [-0.1, -0.05) is 20.3 Å². The van der Waals surface area contributed by atoms with Gasteiger partial charge in [0.15, 0.2) is 11.5 Å². The summed E-state index contributed by atoms with van der Waals surface area (Å²) < 4.78 is 10.6. The smallest absolute Gasteiger partial charge is 0.242 e. The van der Waals surface area contributed by atoms with E-state index >= 15 is 0 Å². The number of carbonyl (C=O) groups is 3. The maximum Gasteiger partial charge on any atom is 0.242 e. The number of amides is 3. The van der Waals surface area contributed by atoms with Crippen LogP contribution in [0.15, 0.2) is 18.2 Å². The van der Waals surface area contributed by atoms with Gasteiger partial charge in [0.05, 0.1) is 18.6 Å². The summed E-state index contributed by atoms with van der Waals surface area (Å²) in [5.41, 5.74) is 0.643.